The molecule has 0 unspecified atom stereocenters. The van der Waals surface area contributed by atoms with Gasteiger partial charge in [0.15, 0.2) is 23.3 Å². The van der Waals surface area contributed by atoms with E-state index < -0.39 is 40.4 Å². The highest BCUT2D eigenvalue weighted by molar-refractivity contribution is 5.95. The van der Waals surface area contributed by atoms with Gasteiger partial charge in [0.2, 0.25) is 0 Å². The van der Waals surface area contributed by atoms with Crippen molar-refractivity contribution < 1.29 is 26.8 Å². The lowest BCUT2D eigenvalue weighted by Crippen LogP contribution is -2.42. The van der Waals surface area contributed by atoms with E-state index in [4.69, 9.17) is 0 Å². The van der Waals surface area contributed by atoms with E-state index in [0.29, 0.717) is 11.0 Å². The second-order valence-corrected chi connectivity index (χ2v) is 5.41. The molecule has 0 aliphatic heterocycles. The van der Waals surface area contributed by atoms with Crippen molar-refractivity contribution in [1.29, 1.82) is 0 Å². The predicted molar refractivity (Wildman–Crippen MR) is 70.7 cm³/mol. The van der Waals surface area contributed by atoms with Crippen molar-refractivity contribution in [2.75, 3.05) is 34.2 Å². The zero-order valence-electron chi connectivity index (χ0n) is 11.9. The molecule has 0 radical (unpaired) electrons. The number of halogens is 4. The molecule has 8 heteroatoms. The molecule has 0 aromatic heterocycles. The fourth-order valence-electron chi connectivity index (χ4n) is 1.55. The van der Waals surface area contributed by atoms with Crippen LogP contribution in [0.15, 0.2) is 4.99 Å². The van der Waals surface area contributed by atoms with Crippen LogP contribution in [0.2, 0.25) is 0 Å². The molecule has 1 aromatic carbocycles. The minimum atomic E-state index is -1.79. The van der Waals surface area contributed by atoms with Crippen LogP contribution in [0.5, 0.6) is 0 Å². The van der Waals surface area contributed by atoms with Crippen molar-refractivity contribution in [2.45, 2.75) is 0 Å². The number of nitrogens with one attached hydrogen (secondary N) is 1. The average molecular weight is 306 g/mol. The molecule has 21 heavy (non-hydrogen) atoms. The molecule has 0 atom stereocenters. The van der Waals surface area contributed by atoms with Gasteiger partial charge in [-0.3, -0.25) is 9.79 Å². The standard InChI is InChI=1S/C13H15F4N3O/c1-18-12-10(16)8(14)7(9(15)11(12)17)13(21)19-5-6-20(2,3)4/h1,5-6H2,2-4H3/p+1. The predicted octanol–water partition coefficient (Wildman–Crippen LogP) is 2.01. The molecule has 1 amide bonds. The van der Waals surface area contributed by atoms with Crippen LogP contribution < -0.4 is 5.32 Å². The number of benzene rings is 1. The summed E-state index contributed by atoms with van der Waals surface area (Å²) in [4.78, 5) is 14.6. The summed E-state index contributed by atoms with van der Waals surface area (Å²) >= 11 is 0. The summed E-state index contributed by atoms with van der Waals surface area (Å²) < 4.78 is 54.8. The summed E-state index contributed by atoms with van der Waals surface area (Å²) in [7, 11) is 5.53. The first-order valence-electron chi connectivity index (χ1n) is 6.01. The summed E-state index contributed by atoms with van der Waals surface area (Å²) in [5.74, 6) is -8.31. The molecule has 0 heterocycles. The molecular formula is C13H16F4N3O+. The largest absolute Gasteiger partial charge is 0.346 e. The van der Waals surface area contributed by atoms with Crippen LogP contribution in [-0.4, -0.2) is 51.3 Å². The molecule has 0 bridgehead atoms. The van der Waals surface area contributed by atoms with Crippen LogP contribution in [0, 0.1) is 23.3 Å². The van der Waals surface area contributed by atoms with Crippen LogP contribution >= 0.6 is 0 Å². The maximum Gasteiger partial charge on any atom is 0.257 e. The molecule has 0 aliphatic carbocycles. The van der Waals surface area contributed by atoms with Crippen molar-refractivity contribution in [3.8, 4) is 0 Å². The molecule has 1 N–H and O–H groups in total. The summed E-state index contributed by atoms with van der Waals surface area (Å²) in [5, 5.41) is 2.21. The lowest BCUT2D eigenvalue weighted by Gasteiger charge is -2.23. The van der Waals surface area contributed by atoms with E-state index in [-0.39, 0.29) is 6.54 Å². The van der Waals surface area contributed by atoms with Gasteiger partial charge in [0.1, 0.15) is 11.3 Å². The Bertz CT molecular complexity index is 553. The van der Waals surface area contributed by atoms with Gasteiger partial charge in [-0.15, -0.1) is 0 Å². The summed E-state index contributed by atoms with van der Waals surface area (Å²) in [6, 6.07) is 0. The molecule has 0 saturated heterocycles. The third kappa shape index (κ3) is 3.78. The Morgan fingerprint density at radius 2 is 1.57 bits per heavy atom. The van der Waals surface area contributed by atoms with Gasteiger partial charge in [-0.1, -0.05) is 0 Å². The normalized spacial score (nSPS) is 11.4. The minimum absolute atomic E-state index is 0.0892. The number of hydrogen-bond donors (Lipinski definition) is 1. The quantitative estimate of drug-likeness (QED) is 0.384. The first-order valence-corrected chi connectivity index (χ1v) is 6.01. The molecule has 116 valence electrons. The maximum atomic E-state index is 13.7. The number of likely N-dealkylation sites (N-methyl/N-ethyl adjacent to an activating group) is 1. The van der Waals surface area contributed by atoms with Crippen molar-refractivity contribution in [3.05, 3.63) is 28.8 Å². The van der Waals surface area contributed by atoms with E-state index in [1.54, 1.807) is 0 Å². The van der Waals surface area contributed by atoms with Gasteiger partial charge in [0, 0.05) is 0 Å². The highest BCUT2D eigenvalue weighted by Gasteiger charge is 2.29. The van der Waals surface area contributed by atoms with Crippen molar-refractivity contribution >= 4 is 18.3 Å². The van der Waals surface area contributed by atoms with Crippen LogP contribution in [0.25, 0.3) is 0 Å². The Kier molecular flexibility index (Phi) is 5.06. The van der Waals surface area contributed by atoms with Gasteiger partial charge in [-0.05, 0) is 6.72 Å². The van der Waals surface area contributed by atoms with Gasteiger partial charge in [-0.25, -0.2) is 17.6 Å². The lowest BCUT2D eigenvalue weighted by molar-refractivity contribution is -0.869. The van der Waals surface area contributed by atoms with Gasteiger partial charge in [0.25, 0.3) is 5.91 Å². The minimum Gasteiger partial charge on any atom is -0.346 e. The molecule has 0 spiro atoms. The summed E-state index contributed by atoms with van der Waals surface area (Å²) in [5.41, 5.74) is -2.49. The second kappa shape index (κ2) is 6.21. The van der Waals surface area contributed by atoms with Crippen LogP contribution in [0.1, 0.15) is 10.4 Å². The van der Waals surface area contributed by atoms with E-state index in [1.165, 1.54) is 0 Å². The number of quaternary nitrogens is 1. The van der Waals surface area contributed by atoms with Crippen molar-refractivity contribution in [1.82, 2.24) is 5.32 Å². The van der Waals surface area contributed by atoms with E-state index in [1.807, 2.05) is 21.1 Å². The molecule has 0 saturated carbocycles. The number of amides is 1. The third-order valence-corrected chi connectivity index (χ3v) is 2.69. The Morgan fingerprint density at radius 3 is 1.95 bits per heavy atom. The highest BCUT2D eigenvalue weighted by atomic mass is 19.2. The molecular weight excluding hydrogens is 290 g/mol. The topological polar surface area (TPSA) is 41.5 Å². The highest BCUT2D eigenvalue weighted by Crippen LogP contribution is 2.29. The molecule has 4 nitrogen and oxygen atoms in total. The van der Waals surface area contributed by atoms with E-state index in [9.17, 15) is 22.4 Å². The Hall–Kier alpha value is -1.96. The molecule has 0 aliphatic rings. The van der Waals surface area contributed by atoms with Gasteiger partial charge in [-0.2, -0.15) is 0 Å². The van der Waals surface area contributed by atoms with Crippen LogP contribution in [0.3, 0.4) is 0 Å². The number of carbonyl (C=O) groups is 1. The van der Waals surface area contributed by atoms with Gasteiger partial charge in [0.05, 0.1) is 34.2 Å². The number of hydrogen-bond acceptors (Lipinski definition) is 2. The third-order valence-electron chi connectivity index (χ3n) is 2.69. The number of rotatable bonds is 5. The summed E-state index contributed by atoms with van der Waals surface area (Å²) in [6.07, 6.45) is 0. The molecule has 0 fully saturated rings. The first-order chi connectivity index (χ1) is 9.60. The van der Waals surface area contributed by atoms with E-state index in [2.05, 4.69) is 17.0 Å². The van der Waals surface area contributed by atoms with Crippen molar-refractivity contribution in [3.63, 3.8) is 0 Å². The SMILES string of the molecule is C=Nc1c(F)c(F)c(C(=O)NCC[N+](C)(C)C)c(F)c1F. The van der Waals surface area contributed by atoms with Crippen LogP contribution in [0.4, 0.5) is 23.2 Å². The maximum absolute atomic E-state index is 13.7. The molecule has 1 rings (SSSR count). The Labute approximate surface area is 119 Å². The number of nitrogens with zero attached hydrogens (tertiary/aromatic N) is 2. The first kappa shape index (κ1) is 17.1. The van der Waals surface area contributed by atoms with Gasteiger partial charge >= 0.3 is 0 Å². The average Bonchev–Trinajstić information content (AvgIpc) is 2.36. The number of aliphatic imine (C=N–C) groups is 1. The van der Waals surface area contributed by atoms with Gasteiger partial charge < -0.3 is 9.80 Å². The fraction of sp³-hybridized carbons (Fsp3) is 0.385. The smallest absolute Gasteiger partial charge is 0.257 e. The Morgan fingerprint density at radius 1 is 1.10 bits per heavy atom. The van der Waals surface area contributed by atoms with E-state index in [0.717, 1.165) is 0 Å². The van der Waals surface area contributed by atoms with Crippen LogP contribution in [-0.2, 0) is 0 Å². The fourth-order valence-corrected chi connectivity index (χ4v) is 1.55. The lowest BCUT2D eigenvalue weighted by atomic mass is 10.1. The van der Waals surface area contributed by atoms with E-state index >= 15 is 0 Å². The van der Waals surface area contributed by atoms with Crippen molar-refractivity contribution in [2.24, 2.45) is 4.99 Å². The Balaban J connectivity index is 3.08. The summed E-state index contributed by atoms with van der Waals surface area (Å²) in [6.45, 7) is 3.37. The zero-order valence-corrected chi connectivity index (χ0v) is 11.9. The second-order valence-electron chi connectivity index (χ2n) is 5.41. The number of carbonyl (C=O) groups excluding carboxylic acids is 1. The monoisotopic (exact) mass is 306 g/mol. The molecule has 1 aromatic rings. The zero-order chi connectivity index (χ0) is 16.4.